The van der Waals surface area contributed by atoms with E-state index in [0.29, 0.717) is 12.0 Å². The van der Waals surface area contributed by atoms with E-state index in [0.717, 1.165) is 13.0 Å². The average molecular weight is 209 g/mol. The van der Waals surface area contributed by atoms with Gasteiger partial charge in [-0.15, -0.1) is 0 Å². The molecule has 0 amide bonds. The number of benzene rings is 1. The maximum Gasteiger partial charge on any atom is 0.123 e. The van der Waals surface area contributed by atoms with E-state index in [9.17, 15) is 4.39 Å². The van der Waals surface area contributed by atoms with Gasteiger partial charge in [0.15, 0.2) is 0 Å². The SMILES string of the molecule is CCC(CNC(C)C)c1ccc(F)cc1. The third-order valence-electron chi connectivity index (χ3n) is 2.61. The second kappa shape index (κ2) is 5.86. The Morgan fingerprint density at radius 2 is 1.80 bits per heavy atom. The first-order valence-electron chi connectivity index (χ1n) is 5.62. The molecule has 0 aliphatic carbocycles. The first-order valence-corrected chi connectivity index (χ1v) is 5.62. The van der Waals surface area contributed by atoms with E-state index < -0.39 is 0 Å². The van der Waals surface area contributed by atoms with Crippen LogP contribution in [0.1, 0.15) is 38.7 Å². The van der Waals surface area contributed by atoms with Gasteiger partial charge in [-0.25, -0.2) is 4.39 Å². The predicted molar refractivity (Wildman–Crippen MR) is 62.6 cm³/mol. The smallest absolute Gasteiger partial charge is 0.123 e. The highest BCUT2D eigenvalue weighted by atomic mass is 19.1. The summed E-state index contributed by atoms with van der Waals surface area (Å²) < 4.78 is 12.8. The van der Waals surface area contributed by atoms with Crippen LogP contribution in [0.4, 0.5) is 4.39 Å². The van der Waals surface area contributed by atoms with Gasteiger partial charge in [0.05, 0.1) is 0 Å². The molecule has 0 aromatic heterocycles. The molecule has 0 aliphatic rings. The minimum absolute atomic E-state index is 0.162. The normalized spacial score (nSPS) is 13.1. The molecule has 0 saturated carbocycles. The standard InChI is InChI=1S/C13H20FN/c1-4-11(9-15-10(2)3)12-5-7-13(14)8-6-12/h5-8,10-11,15H,4,9H2,1-3H3. The van der Waals surface area contributed by atoms with E-state index >= 15 is 0 Å². The molecule has 1 nitrogen and oxygen atoms in total. The van der Waals surface area contributed by atoms with Crippen LogP contribution in [0.25, 0.3) is 0 Å². The van der Waals surface area contributed by atoms with Crippen molar-refractivity contribution in [2.45, 2.75) is 39.2 Å². The Balaban J connectivity index is 2.61. The topological polar surface area (TPSA) is 12.0 Å². The summed E-state index contributed by atoms with van der Waals surface area (Å²) in [5.74, 6) is 0.318. The molecule has 15 heavy (non-hydrogen) atoms. The second-order valence-corrected chi connectivity index (χ2v) is 4.22. The van der Waals surface area contributed by atoms with Crippen LogP contribution < -0.4 is 5.32 Å². The summed E-state index contributed by atoms with van der Waals surface area (Å²) in [6.07, 6.45) is 1.07. The minimum atomic E-state index is -0.162. The maximum absolute atomic E-state index is 12.8. The zero-order valence-electron chi connectivity index (χ0n) is 9.76. The number of nitrogens with one attached hydrogen (secondary N) is 1. The Hall–Kier alpha value is -0.890. The fourth-order valence-corrected chi connectivity index (χ4v) is 1.61. The summed E-state index contributed by atoms with van der Waals surface area (Å²) in [4.78, 5) is 0. The van der Waals surface area contributed by atoms with E-state index in [1.54, 1.807) is 0 Å². The molecule has 0 saturated heterocycles. The molecular weight excluding hydrogens is 189 g/mol. The van der Waals surface area contributed by atoms with Gasteiger partial charge < -0.3 is 5.32 Å². The molecule has 1 aromatic carbocycles. The zero-order chi connectivity index (χ0) is 11.3. The van der Waals surface area contributed by atoms with Gasteiger partial charge in [-0.1, -0.05) is 32.9 Å². The fraction of sp³-hybridized carbons (Fsp3) is 0.538. The summed E-state index contributed by atoms with van der Waals surface area (Å²) in [6, 6.07) is 7.33. The first kappa shape index (κ1) is 12.2. The summed E-state index contributed by atoms with van der Waals surface area (Å²) in [5.41, 5.74) is 1.21. The maximum atomic E-state index is 12.8. The van der Waals surface area contributed by atoms with Crippen LogP contribution in [0.3, 0.4) is 0 Å². The third-order valence-corrected chi connectivity index (χ3v) is 2.61. The minimum Gasteiger partial charge on any atom is -0.314 e. The van der Waals surface area contributed by atoms with Crippen molar-refractivity contribution in [3.63, 3.8) is 0 Å². The van der Waals surface area contributed by atoms with E-state index in [4.69, 9.17) is 0 Å². The highest BCUT2D eigenvalue weighted by Gasteiger charge is 2.09. The van der Waals surface area contributed by atoms with Crippen LogP contribution >= 0.6 is 0 Å². The Labute approximate surface area is 91.7 Å². The summed E-state index contributed by atoms with van der Waals surface area (Å²) in [5, 5.41) is 3.42. The van der Waals surface area contributed by atoms with Crippen LogP contribution in [-0.2, 0) is 0 Å². The molecule has 2 heteroatoms. The lowest BCUT2D eigenvalue weighted by Gasteiger charge is -2.18. The average Bonchev–Trinajstić information content (AvgIpc) is 2.21. The van der Waals surface area contributed by atoms with Crippen LogP contribution in [0, 0.1) is 5.82 Å². The Morgan fingerprint density at radius 3 is 2.27 bits per heavy atom. The molecule has 84 valence electrons. The van der Waals surface area contributed by atoms with Crippen LogP contribution in [0.5, 0.6) is 0 Å². The highest BCUT2D eigenvalue weighted by Crippen LogP contribution is 2.18. The lowest BCUT2D eigenvalue weighted by atomic mass is 9.96. The summed E-state index contributed by atoms with van der Waals surface area (Å²) in [6.45, 7) is 7.39. The molecule has 1 atom stereocenters. The molecular formula is C13H20FN. The molecule has 1 N–H and O–H groups in total. The van der Waals surface area contributed by atoms with Gasteiger partial charge in [0.25, 0.3) is 0 Å². The first-order chi connectivity index (χ1) is 7.13. The number of rotatable bonds is 5. The largest absolute Gasteiger partial charge is 0.314 e. The summed E-state index contributed by atoms with van der Waals surface area (Å²) >= 11 is 0. The van der Waals surface area contributed by atoms with Crippen LogP contribution in [0.2, 0.25) is 0 Å². The summed E-state index contributed by atoms with van der Waals surface area (Å²) in [7, 11) is 0. The fourth-order valence-electron chi connectivity index (χ4n) is 1.61. The van der Waals surface area contributed by atoms with Crippen molar-refractivity contribution in [2.75, 3.05) is 6.54 Å². The van der Waals surface area contributed by atoms with Crippen LogP contribution in [-0.4, -0.2) is 12.6 Å². The van der Waals surface area contributed by atoms with Gasteiger partial charge in [-0.2, -0.15) is 0 Å². The van der Waals surface area contributed by atoms with Crippen molar-refractivity contribution in [1.82, 2.24) is 5.32 Å². The van der Waals surface area contributed by atoms with Crippen molar-refractivity contribution in [1.29, 1.82) is 0 Å². The van der Waals surface area contributed by atoms with Crippen molar-refractivity contribution < 1.29 is 4.39 Å². The van der Waals surface area contributed by atoms with Crippen molar-refractivity contribution >= 4 is 0 Å². The third kappa shape index (κ3) is 4.00. The molecule has 0 heterocycles. The van der Waals surface area contributed by atoms with Gasteiger partial charge >= 0.3 is 0 Å². The lowest BCUT2D eigenvalue weighted by molar-refractivity contribution is 0.519. The number of hydrogen-bond acceptors (Lipinski definition) is 1. The van der Waals surface area contributed by atoms with Gasteiger partial charge in [-0.3, -0.25) is 0 Å². The van der Waals surface area contributed by atoms with E-state index in [1.807, 2.05) is 12.1 Å². The lowest BCUT2D eigenvalue weighted by Crippen LogP contribution is -2.27. The predicted octanol–water partition coefficient (Wildman–Crippen LogP) is 3.32. The second-order valence-electron chi connectivity index (χ2n) is 4.22. The van der Waals surface area contributed by atoms with Crippen LogP contribution in [0.15, 0.2) is 24.3 Å². The van der Waals surface area contributed by atoms with Gasteiger partial charge in [-0.05, 0) is 30.0 Å². The van der Waals surface area contributed by atoms with Gasteiger partial charge in [0.1, 0.15) is 5.82 Å². The number of halogens is 1. The molecule has 0 radical (unpaired) electrons. The molecule has 0 aliphatic heterocycles. The van der Waals surface area contributed by atoms with Gasteiger partial charge in [0, 0.05) is 12.6 Å². The number of hydrogen-bond donors (Lipinski definition) is 1. The van der Waals surface area contributed by atoms with Crippen molar-refractivity contribution in [3.05, 3.63) is 35.6 Å². The van der Waals surface area contributed by atoms with E-state index in [2.05, 4.69) is 26.1 Å². The monoisotopic (exact) mass is 209 g/mol. The van der Waals surface area contributed by atoms with Gasteiger partial charge in [0.2, 0.25) is 0 Å². The molecule has 0 spiro atoms. The van der Waals surface area contributed by atoms with E-state index in [1.165, 1.54) is 17.7 Å². The molecule has 1 rings (SSSR count). The van der Waals surface area contributed by atoms with Crippen molar-refractivity contribution in [3.8, 4) is 0 Å². The van der Waals surface area contributed by atoms with E-state index in [-0.39, 0.29) is 5.82 Å². The Morgan fingerprint density at radius 1 is 1.20 bits per heavy atom. The quantitative estimate of drug-likeness (QED) is 0.784. The van der Waals surface area contributed by atoms with Crippen molar-refractivity contribution in [2.24, 2.45) is 0 Å². The Kier molecular flexibility index (Phi) is 4.76. The molecule has 1 aromatic rings. The highest BCUT2D eigenvalue weighted by molar-refractivity contribution is 5.20. The molecule has 0 fully saturated rings. The zero-order valence-corrected chi connectivity index (χ0v) is 9.76. The molecule has 1 unspecified atom stereocenters. The Bertz CT molecular complexity index is 279. The molecule has 0 bridgehead atoms.